The molecule has 0 spiro atoms. The maximum absolute atomic E-state index is 12.1. The van der Waals surface area contributed by atoms with E-state index in [0.29, 0.717) is 24.9 Å². The van der Waals surface area contributed by atoms with Crippen molar-refractivity contribution in [1.29, 1.82) is 0 Å². The fourth-order valence-corrected chi connectivity index (χ4v) is 5.10. The molecular formula is C22H40N2O2S. The SMILES string of the molecule is O=C(CCSCCC(=O)NC1CCCCCCC1)NC1CCCCCCC1. The summed E-state index contributed by atoms with van der Waals surface area (Å²) in [6.07, 6.45) is 18.6. The van der Waals surface area contributed by atoms with Crippen LogP contribution in [0.15, 0.2) is 0 Å². The Morgan fingerprint density at radius 3 is 1.30 bits per heavy atom. The molecule has 2 N–H and O–H groups in total. The van der Waals surface area contributed by atoms with Crippen molar-refractivity contribution in [1.82, 2.24) is 10.6 Å². The normalized spacial score (nSPS) is 20.7. The Balaban J connectivity index is 1.49. The molecular weight excluding hydrogens is 356 g/mol. The molecule has 4 nitrogen and oxygen atoms in total. The third-order valence-electron chi connectivity index (χ3n) is 5.89. The third kappa shape index (κ3) is 11.0. The molecule has 2 saturated carbocycles. The average molecular weight is 397 g/mol. The molecule has 0 saturated heterocycles. The van der Waals surface area contributed by atoms with Gasteiger partial charge in [-0.1, -0.05) is 64.2 Å². The van der Waals surface area contributed by atoms with Gasteiger partial charge in [-0.05, 0) is 25.7 Å². The van der Waals surface area contributed by atoms with E-state index in [4.69, 9.17) is 0 Å². The van der Waals surface area contributed by atoms with Gasteiger partial charge in [-0.15, -0.1) is 0 Å². The Morgan fingerprint density at radius 1 is 0.593 bits per heavy atom. The number of hydrogen-bond donors (Lipinski definition) is 2. The first-order valence-electron chi connectivity index (χ1n) is 11.4. The van der Waals surface area contributed by atoms with E-state index in [1.807, 2.05) is 0 Å². The topological polar surface area (TPSA) is 58.2 Å². The van der Waals surface area contributed by atoms with Crippen LogP contribution in [0.4, 0.5) is 0 Å². The van der Waals surface area contributed by atoms with Crippen molar-refractivity contribution in [3.05, 3.63) is 0 Å². The van der Waals surface area contributed by atoms with Crippen molar-refractivity contribution < 1.29 is 9.59 Å². The Kier molecular flexibility index (Phi) is 12.0. The molecule has 0 radical (unpaired) electrons. The number of hydrogen-bond acceptors (Lipinski definition) is 3. The van der Waals surface area contributed by atoms with E-state index < -0.39 is 0 Å². The van der Waals surface area contributed by atoms with Gasteiger partial charge in [0.2, 0.25) is 11.8 Å². The molecule has 5 heteroatoms. The van der Waals surface area contributed by atoms with Crippen molar-refractivity contribution in [2.75, 3.05) is 11.5 Å². The van der Waals surface area contributed by atoms with Crippen LogP contribution in [0.3, 0.4) is 0 Å². The summed E-state index contributed by atoms with van der Waals surface area (Å²) in [6.45, 7) is 0. The molecule has 0 aromatic carbocycles. The predicted octanol–water partition coefficient (Wildman–Crippen LogP) is 4.96. The smallest absolute Gasteiger partial charge is 0.221 e. The summed E-state index contributed by atoms with van der Waals surface area (Å²) in [7, 11) is 0. The van der Waals surface area contributed by atoms with Crippen LogP contribution in [0.25, 0.3) is 0 Å². The van der Waals surface area contributed by atoms with Gasteiger partial charge in [0.05, 0.1) is 0 Å². The molecule has 2 aliphatic carbocycles. The summed E-state index contributed by atoms with van der Waals surface area (Å²) in [4.78, 5) is 24.3. The lowest BCUT2D eigenvalue weighted by Crippen LogP contribution is -2.35. The number of amides is 2. The van der Waals surface area contributed by atoms with Gasteiger partial charge < -0.3 is 10.6 Å². The minimum absolute atomic E-state index is 0.187. The number of carbonyl (C=O) groups is 2. The zero-order valence-corrected chi connectivity index (χ0v) is 17.9. The Bertz CT molecular complexity index is 377. The summed E-state index contributed by atoms with van der Waals surface area (Å²) < 4.78 is 0. The predicted molar refractivity (Wildman–Crippen MR) is 115 cm³/mol. The second-order valence-corrected chi connectivity index (χ2v) is 9.56. The van der Waals surface area contributed by atoms with Gasteiger partial charge in [-0.25, -0.2) is 0 Å². The zero-order chi connectivity index (χ0) is 19.2. The summed E-state index contributed by atoms with van der Waals surface area (Å²) in [6, 6.07) is 0.773. The second kappa shape index (κ2) is 14.3. The van der Waals surface area contributed by atoms with Crippen LogP contribution in [0.5, 0.6) is 0 Å². The summed E-state index contributed by atoms with van der Waals surface area (Å²) in [5.74, 6) is 2.00. The minimum Gasteiger partial charge on any atom is -0.353 e. The Hall–Kier alpha value is -0.710. The quantitative estimate of drug-likeness (QED) is 0.570. The number of carbonyl (C=O) groups excluding carboxylic acids is 2. The number of rotatable bonds is 8. The lowest BCUT2D eigenvalue weighted by molar-refractivity contribution is -0.122. The van der Waals surface area contributed by atoms with Crippen LogP contribution in [0, 0.1) is 0 Å². The molecule has 156 valence electrons. The summed E-state index contributed by atoms with van der Waals surface area (Å²) in [5.41, 5.74) is 0. The van der Waals surface area contributed by atoms with Gasteiger partial charge in [-0.3, -0.25) is 9.59 Å². The van der Waals surface area contributed by atoms with Crippen molar-refractivity contribution in [3.8, 4) is 0 Å². The fourth-order valence-electron chi connectivity index (χ4n) is 4.23. The maximum atomic E-state index is 12.1. The molecule has 2 amide bonds. The highest BCUT2D eigenvalue weighted by Crippen LogP contribution is 2.18. The molecule has 0 aromatic rings. The van der Waals surface area contributed by atoms with Crippen molar-refractivity contribution in [2.45, 2.75) is 115 Å². The lowest BCUT2D eigenvalue weighted by atomic mass is 9.97. The van der Waals surface area contributed by atoms with Crippen LogP contribution in [0.1, 0.15) is 103 Å². The van der Waals surface area contributed by atoms with Gasteiger partial charge in [-0.2, -0.15) is 11.8 Å². The molecule has 0 unspecified atom stereocenters. The van der Waals surface area contributed by atoms with Gasteiger partial charge >= 0.3 is 0 Å². The lowest BCUT2D eigenvalue weighted by Gasteiger charge is -2.21. The molecule has 2 rings (SSSR count). The summed E-state index contributed by atoms with van der Waals surface area (Å²) >= 11 is 1.73. The monoisotopic (exact) mass is 396 g/mol. The molecule has 0 heterocycles. The van der Waals surface area contributed by atoms with Crippen molar-refractivity contribution >= 4 is 23.6 Å². The maximum Gasteiger partial charge on any atom is 0.221 e. The van der Waals surface area contributed by atoms with E-state index in [1.165, 1.54) is 64.2 Å². The number of nitrogens with one attached hydrogen (secondary N) is 2. The van der Waals surface area contributed by atoms with E-state index in [-0.39, 0.29) is 11.8 Å². The van der Waals surface area contributed by atoms with Crippen LogP contribution >= 0.6 is 11.8 Å². The fraction of sp³-hybridized carbons (Fsp3) is 0.909. The highest BCUT2D eigenvalue weighted by molar-refractivity contribution is 7.99. The van der Waals surface area contributed by atoms with Gasteiger partial charge in [0.15, 0.2) is 0 Å². The van der Waals surface area contributed by atoms with Gasteiger partial charge in [0.25, 0.3) is 0 Å². The molecule has 0 atom stereocenters. The largest absolute Gasteiger partial charge is 0.353 e. The Labute approximate surface area is 170 Å². The first-order chi connectivity index (χ1) is 13.2. The van der Waals surface area contributed by atoms with E-state index in [1.54, 1.807) is 11.8 Å². The second-order valence-electron chi connectivity index (χ2n) is 8.33. The zero-order valence-electron chi connectivity index (χ0n) is 17.1. The molecule has 0 aliphatic heterocycles. The molecule has 0 bridgehead atoms. The van der Waals surface area contributed by atoms with Crippen LogP contribution < -0.4 is 10.6 Å². The molecule has 2 fully saturated rings. The third-order valence-corrected chi connectivity index (χ3v) is 6.87. The average Bonchev–Trinajstić information content (AvgIpc) is 2.59. The highest BCUT2D eigenvalue weighted by atomic mass is 32.2. The summed E-state index contributed by atoms with van der Waals surface area (Å²) in [5, 5.41) is 6.44. The van der Waals surface area contributed by atoms with Crippen LogP contribution in [-0.4, -0.2) is 35.4 Å². The van der Waals surface area contributed by atoms with E-state index >= 15 is 0 Å². The van der Waals surface area contributed by atoms with Crippen molar-refractivity contribution in [3.63, 3.8) is 0 Å². The van der Waals surface area contributed by atoms with Gasteiger partial charge in [0.1, 0.15) is 0 Å². The van der Waals surface area contributed by atoms with Crippen LogP contribution in [-0.2, 0) is 9.59 Å². The molecule has 0 aromatic heterocycles. The van der Waals surface area contributed by atoms with E-state index in [0.717, 1.165) is 37.2 Å². The van der Waals surface area contributed by atoms with Crippen LogP contribution in [0.2, 0.25) is 0 Å². The molecule has 2 aliphatic rings. The van der Waals surface area contributed by atoms with Crippen molar-refractivity contribution in [2.24, 2.45) is 0 Å². The standard InChI is InChI=1S/C22H40N2O2S/c25-21(23-19-11-7-3-1-4-8-12-19)15-17-27-18-16-22(26)24-20-13-9-5-2-6-10-14-20/h19-20H,1-18H2,(H,23,25)(H,24,26). The van der Waals surface area contributed by atoms with E-state index in [9.17, 15) is 9.59 Å². The highest BCUT2D eigenvalue weighted by Gasteiger charge is 2.15. The van der Waals surface area contributed by atoms with E-state index in [2.05, 4.69) is 10.6 Å². The van der Waals surface area contributed by atoms with Gasteiger partial charge in [0, 0.05) is 36.4 Å². The molecule has 27 heavy (non-hydrogen) atoms. The first-order valence-corrected chi connectivity index (χ1v) is 12.6. The first kappa shape index (κ1) is 22.6. The Morgan fingerprint density at radius 2 is 0.926 bits per heavy atom. The number of thioether (sulfide) groups is 1. The minimum atomic E-state index is 0.187.